The van der Waals surface area contributed by atoms with Gasteiger partial charge in [-0.05, 0) is 57.0 Å². The predicted octanol–water partition coefficient (Wildman–Crippen LogP) is 1.95. The van der Waals surface area contributed by atoms with Crippen LogP contribution in [0.1, 0.15) is 37.0 Å². The molecule has 10 heteroatoms. The fourth-order valence-corrected chi connectivity index (χ4v) is 3.70. The molecule has 0 radical (unpaired) electrons. The van der Waals surface area contributed by atoms with Gasteiger partial charge in [-0.25, -0.2) is 4.98 Å². The van der Waals surface area contributed by atoms with Gasteiger partial charge in [-0.3, -0.25) is 14.4 Å². The molecule has 3 rings (SSSR count). The Hall–Kier alpha value is -3.82. The molecule has 2 heterocycles. The highest BCUT2D eigenvalue weighted by Crippen LogP contribution is 2.28. The Bertz CT molecular complexity index is 1020. The van der Waals surface area contributed by atoms with Crippen LogP contribution in [0.5, 0.6) is 11.5 Å². The lowest BCUT2D eigenvalue weighted by Crippen LogP contribution is -2.41. The molecule has 1 aliphatic rings. The summed E-state index contributed by atoms with van der Waals surface area (Å²) >= 11 is 0. The third-order valence-electron chi connectivity index (χ3n) is 5.39. The van der Waals surface area contributed by atoms with Crippen LogP contribution in [0.3, 0.4) is 0 Å². The fourth-order valence-electron chi connectivity index (χ4n) is 3.70. The number of anilines is 2. The second-order valence-corrected chi connectivity index (χ2v) is 8.42. The Morgan fingerprint density at radius 3 is 2.65 bits per heavy atom. The lowest BCUT2D eigenvalue weighted by Gasteiger charge is -2.32. The van der Waals surface area contributed by atoms with Crippen molar-refractivity contribution in [2.24, 2.45) is 11.7 Å². The Labute approximate surface area is 198 Å². The number of primary amides is 1. The molecule has 3 amide bonds. The summed E-state index contributed by atoms with van der Waals surface area (Å²) in [6.07, 6.45) is 3.24. The van der Waals surface area contributed by atoms with E-state index in [4.69, 9.17) is 15.2 Å². The molecule has 10 nitrogen and oxygen atoms in total. The minimum Gasteiger partial charge on any atom is -0.493 e. The molecule has 1 aromatic carbocycles. The molecular formula is C24H31N5O5. The lowest BCUT2D eigenvalue weighted by atomic mass is 9.97. The molecule has 182 valence electrons. The maximum absolute atomic E-state index is 12.7. The van der Waals surface area contributed by atoms with Gasteiger partial charge in [0.1, 0.15) is 5.82 Å². The van der Waals surface area contributed by atoms with Crippen LogP contribution >= 0.6 is 0 Å². The Morgan fingerprint density at radius 2 is 2.00 bits per heavy atom. The van der Waals surface area contributed by atoms with E-state index in [9.17, 15) is 14.4 Å². The van der Waals surface area contributed by atoms with Crippen molar-refractivity contribution in [3.63, 3.8) is 0 Å². The quantitative estimate of drug-likeness (QED) is 0.511. The molecule has 0 aliphatic carbocycles. The Morgan fingerprint density at radius 1 is 1.21 bits per heavy atom. The molecule has 2 aromatic rings. The van der Waals surface area contributed by atoms with Crippen LogP contribution in [0.25, 0.3) is 0 Å². The highest BCUT2D eigenvalue weighted by atomic mass is 16.5. The van der Waals surface area contributed by atoms with E-state index >= 15 is 0 Å². The summed E-state index contributed by atoms with van der Waals surface area (Å²) in [7, 11) is 1.46. The van der Waals surface area contributed by atoms with Crippen molar-refractivity contribution in [2.75, 3.05) is 37.0 Å². The minimum absolute atomic E-state index is 0.0135. The molecule has 0 saturated carbocycles. The predicted molar refractivity (Wildman–Crippen MR) is 128 cm³/mol. The van der Waals surface area contributed by atoms with Crippen LogP contribution < -0.4 is 30.7 Å². The number of hydrogen-bond acceptors (Lipinski definition) is 7. The number of nitrogens with one attached hydrogen (secondary N) is 2. The van der Waals surface area contributed by atoms with Crippen LogP contribution in [0, 0.1) is 5.92 Å². The van der Waals surface area contributed by atoms with Gasteiger partial charge in [-0.2, -0.15) is 0 Å². The molecule has 1 aliphatic heterocycles. The van der Waals surface area contributed by atoms with Gasteiger partial charge in [-0.15, -0.1) is 0 Å². The number of rotatable bonds is 9. The number of amides is 3. The first-order chi connectivity index (χ1) is 16.3. The number of pyridine rings is 1. The summed E-state index contributed by atoms with van der Waals surface area (Å²) in [5.74, 6) is 0.370. The van der Waals surface area contributed by atoms with Crippen molar-refractivity contribution < 1.29 is 23.9 Å². The molecule has 0 bridgehead atoms. The molecule has 1 aromatic heterocycles. The zero-order valence-corrected chi connectivity index (χ0v) is 19.7. The van der Waals surface area contributed by atoms with Crippen molar-refractivity contribution >= 4 is 29.2 Å². The zero-order chi connectivity index (χ0) is 24.7. The van der Waals surface area contributed by atoms with Gasteiger partial charge in [0.25, 0.3) is 11.8 Å². The molecule has 1 fully saturated rings. The van der Waals surface area contributed by atoms with Crippen LogP contribution in [0.2, 0.25) is 0 Å². The summed E-state index contributed by atoms with van der Waals surface area (Å²) < 4.78 is 10.8. The largest absolute Gasteiger partial charge is 0.493 e. The number of methoxy groups -OCH3 is 1. The van der Waals surface area contributed by atoms with Gasteiger partial charge >= 0.3 is 0 Å². The fraction of sp³-hybridized carbons (Fsp3) is 0.417. The second-order valence-electron chi connectivity index (χ2n) is 8.42. The summed E-state index contributed by atoms with van der Waals surface area (Å²) in [5, 5.41) is 5.54. The van der Waals surface area contributed by atoms with E-state index in [1.807, 2.05) is 18.7 Å². The average molecular weight is 470 g/mol. The molecule has 1 unspecified atom stereocenters. The minimum atomic E-state index is -0.344. The normalized spacial score (nSPS) is 15.5. The smallest absolute Gasteiger partial charge is 0.258 e. The van der Waals surface area contributed by atoms with Crippen molar-refractivity contribution in [2.45, 2.75) is 32.7 Å². The molecular weight excluding hydrogens is 438 g/mol. The van der Waals surface area contributed by atoms with Crippen molar-refractivity contribution in [3.05, 3.63) is 42.1 Å². The van der Waals surface area contributed by atoms with Crippen molar-refractivity contribution in [1.82, 2.24) is 10.3 Å². The van der Waals surface area contributed by atoms with Gasteiger partial charge in [0.2, 0.25) is 5.91 Å². The van der Waals surface area contributed by atoms with Gasteiger partial charge in [-0.1, -0.05) is 0 Å². The van der Waals surface area contributed by atoms with E-state index in [-0.39, 0.29) is 36.3 Å². The summed E-state index contributed by atoms with van der Waals surface area (Å²) in [6.45, 7) is 4.91. The number of benzene rings is 1. The highest BCUT2D eigenvalue weighted by molar-refractivity contribution is 6.04. The van der Waals surface area contributed by atoms with Crippen molar-refractivity contribution in [3.8, 4) is 11.5 Å². The van der Waals surface area contributed by atoms with E-state index in [0.717, 1.165) is 25.2 Å². The maximum atomic E-state index is 12.7. The second kappa shape index (κ2) is 11.4. The third-order valence-corrected chi connectivity index (χ3v) is 5.39. The molecule has 4 N–H and O–H groups in total. The topological polar surface area (TPSA) is 136 Å². The Balaban J connectivity index is 1.61. The lowest BCUT2D eigenvalue weighted by molar-refractivity contribution is -0.123. The first kappa shape index (κ1) is 24.8. The first-order valence-corrected chi connectivity index (χ1v) is 11.2. The van der Waals surface area contributed by atoms with Crippen LogP contribution in [-0.4, -0.2) is 55.6 Å². The number of carbonyl (C=O) groups is 3. The van der Waals surface area contributed by atoms with Gasteiger partial charge in [0.15, 0.2) is 18.1 Å². The molecule has 1 atom stereocenters. The standard InChI is InChI=1S/C24H31N5O5/c1-15(2)27-22(30)14-34-19-8-6-16(11-20(19)33-3)24(32)28-18-7-9-21(26-12-18)29-10-4-5-17(13-29)23(25)31/h6-9,11-12,15,17H,4-5,10,13-14H2,1-3H3,(H2,25,31)(H,27,30)(H,28,32). The number of nitrogens with zero attached hydrogens (tertiary/aromatic N) is 2. The number of nitrogens with two attached hydrogens (primary N) is 1. The Kier molecular flexibility index (Phi) is 8.29. The summed E-state index contributed by atoms with van der Waals surface area (Å²) in [5.41, 5.74) is 6.34. The molecule has 34 heavy (non-hydrogen) atoms. The van der Waals surface area contributed by atoms with E-state index in [0.29, 0.717) is 29.3 Å². The molecule has 0 spiro atoms. The monoisotopic (exact) mass is 469 g/mol. The van der Waals surface area contributed by atoms with Crippen LogP contribution in [-0.2, 0) is 9.59 Å². The maximum Gasteiger partial charge on any atom is 0.258 e. The van der Waals surface area contributed by atoms with Gasteiger partial charge in [0, 0.05) is 24.7 Å². The summed E-state index contributed by atoms with van der Waals surface area (Å²) in [6, 6.07) is 8.30. The number of piperidine rings is 1. The number of ether oxygens (including phenoxy) is 2. The molecule has 1 saturated heterocycles. The highest BCUT2D eigenvalue weighted by Gasteiger charge is 2.24. The zero-order valence-electron chi connectivity index (χ0n) is 19.7. The van der Waals surface area contributed by atoms with E-state index in [1.54, 1.807) is 36.5 Å². The van der Waals surface area contributed by atoms with E-state index < -0.39 is 0 Å². The summed E-state index contributed by atoms with van der Waals surface area (Å²) in [4.78, 5) is 42.5. The first-order valence-electron chi connectivity index (χ1n) is 11.2. The number of aromatic nitrogens is 1. The number of carbonyl (C=O) groups excluding carboxylic acids is 3. The average Bonchev–Trinajstić information content (AvgIpc) is 2.82. The van der Waals surface area contributed by atoms with E-state index in [2.05, 4.69) is 15.6 Å². The van der Waals surface area contributed by atoms with E-state index in [1.165, 1.54) is 7.11 Å². The van der Waals surface area contributed by atoms with Gasteiger partial charge in [0.05, 0.1) is 24.9 Å². The SMILES string of the molecule is COc1cc(C(=O)Nc2ccc(N3CCCC(C(N)=O)C3)nc2)ccc1OCC(=O)NC(C)C. The van der Waals surface area contributed by atoms with Crippen molar-refractivity contribution in [1.29, 1.82) is 0 Å². The van der Waals surface area contributed by atoms with Crippen LogP contribution in [0.4, 0.5) is 11.5 Å². The van der Waals surface area contributed by atoms with Crippen LogP contribution in [0.15, 0.2) is 36.5 Å². The number of hydrogen-bond donors (Lipinski definition) is 3. The van der Waals surface area contributed by atoms with Gasteiger partial charge < -0.3 is 30.7 Å². The third kappa shape index (κ3) is 6.60.